The molecule has 2 rings (SSSR count). The van der Waals surface area contributed by atoms with Gasteiger partial charge in [-0.05, 0) is 6.07 Å². The first-order chi connectivity index (χ1) is 7.81. The number of aromatic amines is 1. The third-order valence-corrected chi connectivity index (χ3v) is 2.13. The van der Waals surface area contributed by atoms with Gasteiger partial charge in [0.05, 0.1) is 24.6 Å². The number of amides is 1. The van der Waals surface area contributed by atoms with Gasteiger partial charge in [0.25, 0.3) is 5.91 Å². The third kappa shape index (κ3) is 2.17. The Morgan fingerprint density at radius 2 is 2.44 bits per heavy atom. The summed E-state index contributed by atoms with van der Waals surface area (Å²) < 4.78 is 4.83. The molecule has 2 heterocycles. The Balaban J connectivity index is 2.10. The van der Waals surface area contributed by atoms with Crippen molar-refractivity contribution in [1.82, 2.24) is 20.3 Å². The molecule has 2 aromatic rings. The smallest absolute Gasteiger partial charge is 0.270 e. The zero-order valence-electron chi connectivity index (χ0n) is 8.86. The van der Waals surface area contributed by atoms with Crippen LogP contribution in [-0.4, -0.2) is 41.1 Å². The largest absolute Gasteiger partial charge is 0.383 e. The normalized spacial score (nSPS) is 10.6. The minimum Gasteiger partial charge on any atom is -0.383 e. The van der Waals surface area contributed by atoms with Crippen LogP contribution in [-0.2, 0) is 4.74 Å². The van der Waals surface area contributed by atoms with Crippen LogP contribution in [0, 0.1) is 0 Å². The second-order valence-electron chi connectivity index (χ2n) is 3.24. The van der Waals surface area contributed by atoms with Crippen molar-refractivity contribution in [3.8, 4) is 0 Å². The lowest BCUT2D eigenvalue weighted by Crippen LogP contribution is -2.27. The Bertz CT molecular complexity index is 494. The Morgan fingerprint density at radius 1 is 1.56 bits per heavy atom. The maximum Gasteiger partial charge on any atom is 0.270 e. The molecule has 84 valence electrons. The van der Waals surface area contributed by atoms with Gasteiger partial charge < -0.3 is 15.0 Å². The first-order valence-electron chi connectivity index (χ1n) is 4.87. The number of aromatic nitrogens is 3. The fourth-order valence-electron chi connectivity index (χ4n) is 1.32. The number of carbonyl (C=O) groups excluding carboxylic acids is 1. The fourth-order valence-corrected chi connectivity index (χ4v) is 1.32. The van der Waals surface area contributed by atoms with Crippen molar-refractivity contribution in [1.29, 1.82) is 0 Å². The van der Waals surface area contributed by atoms with Crippen LogP contribution in [0.4, 0.5) is 0 Å². The molecule has 6 nitrogen and oxygen atoms in total. The van der Waals surface area contributed by atoms with Gasteiger partial charge >= 0.3 is 0 Å². The molecule has 0 radical (unpaired) electrons. The van der Waals surface area contributed by atoms with E-state index in [0.29, 0.717) is 18.8 Å². The Morgan fingerprint density at radius 3 is 3.25 bits per heavy atom. The van der Waals surface area contributed by atoms with Crippen molar-refractivity contribution < 1.29 is 9.53 Å². The maximum atomic E-state index is 11.6. The van der Waals surface area contributed by atoms with E-state index < -0.39 is 0 Å². The SMILES string of the molecule is COCCNC(=O)c1cc2[nH]cnc2cn1. The molecule has 0 spiro atoms. The van der Waals surface area contributed by atoms with Crippen LogP contribution in [0.3, 0.4) is 0 Å². The predicted molar refractivity (Wildman–Crippen MR) is 58.1 cm³/mol. The van der Waals surface area contributed by atoms with E-state index in [0.717, 1.165) is 11.0 Å². The second kappa shape index (κ2) is 4.71. The first kappa shape index (κ1) is 10.6. The highest BCUT2D eigenvalue weighted by molar-refractivity contribution is 5.94. The molecule has 0 saturated carbocycles. The Labute approximate surface area is 92.0 Å². The number of ether oxygens (including phenoxy) is 1. The van der Waals surface area contributed by atoms with Gasteiger partial charge in [-0.3, -0.25) is 4.79 Å². The van der Waals surface area contributed by atoms with Crippen LogP contribution in [0.1, 0.15) is 10.5 Å². The van der Waals surface area contributed by atoms with Crippen molar-refractivity contribution in [2.75, 3.05) is 20.3 Å². The average Bonchev–Trinajstić information content (AvgIpc) is 2.76. The van der Waals surface area contributed by atoms with E-state index in [-0.39, 0.29) is 5.91 Å². The van der Waals surface area contributed by atoms with Gasteiger partial charge in [0.1, 0.15) is 11.2 Å². The van der Waals surface area contributed by atoms with Gasteiger partial charge in [-0.2, -0.15) is 0 Å². The van der Waals surface area contributed by atoms with Crippen molar-refractivity contribution in [2.45, 2.75) is 0 Å². The lowest BCUT2D eigenvalue weighted by Gasteiger charge is -2.03. The van der Waals surface area contributed by atoms with Gasteiger partial charge in [-0.25, -0.2) is 9.97 Å². The van der Waals surface area contributed by atoms with E-state index in [1.807, 2.05) is 0 Å². The number of hydrogen-bond acceptors (Lipinski definition) is 4. The molecule has 2 N–H and O–H groups in total. The van der Waals surface area contributed by atoms with E-state index >= 15 is 0 Å². The van der Waals surface area contributed by atoms with E-state index in [1.165, 1.54) is 0 Å². The predicted octanol–water partition coefficient (Wildman–Crippen LogP) is 0.334. The summed E-state index contributed by atoms with van der Waals surface area (Å²) in [6.07, 6.45) is 3.13. The van der Waals surface area contributed by atoms with Gasteiger partial charge in [0.15, 0.2) is 0 Å². The number of H-pyrrole nitrogens is 1. The van der Waals surface area contributed by atoms with E-state index in [2.05, 4.69) is 20.3 Å². The quantitative estimate of drug-likeness (QED) is 0.728. The third-order valence-electron chi connectivity index (χ3n) is 2.13. The van der Waals surface area contributed by atoms with Gasteiger partial charge in [0, 0.05) is 13.7 Å². The number of carbonyl (C=O) groups is 1. The summed E-state index contributed by atoms with van der Waals surface area (Å²) >= 11 is 0. The number of nitrogens with zero attached hydrogens (tertiary/aromatic N) is 2. The highest BCUT2D eigenvalue weighted by atomic mass is 16.5. The standard InChI is InChI=1S/C10H12N4O2/c1-16-3-2-11-10(15)8-4-7-9(5-12-8)14-6-13-7/h4-6H,2-3H2,1H3,(H,11,15)(H,13,14). The summed E-state index contributed by atoms with van der Waals surface area (Å²) in [6, 6.07) is 1.67. The molecule has 0 fully saturated rings. The molecule has 6 heteroatoms. The molecule has 0 aromatic carbocycles. The minimum absolute atomic E-state index is 0.214. The van der Waals surface area contributed by atoms with Crippen molar-refractivity contribution in [3.05, 3.63) is 24.3 Å². The highest BCUT2D eigenvalue weighted by Crippen LogP contribution is 2.08. The molecule has 2 aromatic heterocycles. The molecule has 1 amide bonds. The zero-order valence-corrected chi connectivity index (χ0v) is 8.86. The summed E-state index contributed by atoms with van der Waals surface area (Å²) in [4.78, 5) is 22.6. The van der Waals surface area contributed by atoms with Crippen LogP contribution in [0.15, 0.2) is 18.6 Å². The Kier molecular flexibility index (Phi) is 3.11. The molecule has 0 aliphatic carbocycles. The maximum absolute atomic E-state index is 11.6. The minimum atomic E-state index is -0.214. The second-order valence-corrected chi connectivity index (χ2v) is 3.24. The number of pyridine rings is 1. The molecular weight excluding hydrogens is 208 g/mol. The van der Waals surface area contributed by atoms with Crippen molar-refractivity contribution in [2.24, 2.45) is 0 Å². The summed E-state index contributed by atoms with van der Waals surface area (Å²) in [5.41, 5.74) is 1.91. The topological polar surface area (TPSA) is 79.9 Å². The summed E-state index contributed by atoms with van der Waals surface area (Å²) in [7, 11) is 1.58. The lowest BCUT2D eigenvalue weighted by molar-refractivity contribution is 0.0932. The Hall–Kier alpha value is -1.95. The van der Waals surface area contributed by atoms with Crippen LogP contribution in [0.25, 0.3) is 11.0 Å². The fraction of sp³-hybridized carbons (Fsp3) is 0.300. The summed E-state index contributed by atoms with van der Waals surface area (Å²) in [5.74, 6) is -0.214. The van der Waals surface area contributed by atoms with Crippen molar-refractivity contribution in [3.63, 3.8) is 0 Å². The molecule has 0 aliphatic heterocycles. The molecule has 0 unspecified atom stereocenters. The van der Waals surface area contributed by atoms with E-state index in [9.17, 15) is 4.79 Å². The van der Waals surface area contributed by atoms with Gasteiger partial charge in [-0.15, -0.1) is 0 Å². The summed E-state index contributed by atoms with van der Waals surface area (Å²) in [6.45, 7) is 0.954. The number of imidazole rings is 1. The highest BCUT2D eigenvalue weighted by Gasteiger charge is 2.07. The number of rotatable bonds is 4. The first-order valence-corrected chi connectivity index (χ1v) is 4.87. The molecule has 0 bridgehead atoms. The van der Waals surface area contributed by atoms with E-state index in [1.54, 1.807) is 25.7 Å². The molecule has 16 heavy (non-hydrogen) atoms. The average molecular weight is 220 g/mol. The summed E-state index contributed by atoms with van der Waals surface area (Å²) in [5, 5.41) is 2.70. The zero-order chi connectivity index (χ0) is 11.4. The van der Waals surface area contributed by atoms with Gasteiger partial charge in [0.2, 0.25) is 0 Å². The van der Waals surface area contributed by atoms with Crippen LogP contribution in [0.2, 0.25) is 0 Å². The van der Waals surface area contributed by atoms with Crippen LogP contribution >= 0.6 is 0 Å². The number of hydrogen-bond donors (Lipinski definition) is 2. The molecule has 0 atom stereocenters. The lowest BCUT2D eigenvalue weighted by atomic mass is 10.3. The molecule has 0 saturated heterocycles. The molecule has 0 aliphatic rings. The molecular formula is C10H12N4O2. The van der Waals surface area contributed by atoms with E-state index in [4.69, 9.17) is 4.74 Å². The van der Waals surface area contributed by atoms with Crippen molar-refractivity contribution >= 4 is 16.9 Å². The number of nitrogens with one attached hydrogen (secondary N) is 2. The van der Waals surface area contributed by atoms with Crippen LogP contribution < -0.4 is 5.32 Å². The van der Waals surface area contributed by atoms with Gasteiger partial charge in [-0.1, -0.05) is 0 Å². The van der Waals surface area contributed by atoms with Crippen LogP contribution in [0.5, 0.6) is 0 Å². The number of methoxy groups -OCH3 is 1. The monoisotopic (exact) mass is 220 g/mol. The number of fused-ring (bicyclic) bond motifs is 1.